The standard InChI is InChI=1S/C14H25N3O4/c1-9(2)7-11(16-14(15)21)13(20)17(8-12(18)19)10-5-3-4-6-10/h9-11H,3-8H2,1-2H3,(H,18,19)(H3,15,16,21). The van der Waals surface area contributed by atoms with Gasteiger partial charge in [0.1, 0.15) is 12.6 Å². The Bertz CT molecular complexity index is 392. The molecule has 1 atom stereocenters. The topological polar surface area (TPSA) is 113 Å². The third-order valence-electron chi connectivity index (χ3n) is 3.68. The molecular weight excluding hydrogens is 274 g/mol. The van der Waals surface area contributed by atoms with Gasteiger partial charge in [-0.1, -0.05) is 26.7 Å². The number of carboxylic acid groups (broad SMARTS) is 1. The Morgan fingerprint density at radius 2 is 1.86 bits per heavy atom. The van der Waals surface area contributed by atoms with Gasteiger partial charge in [0.05, 0.1) is 0 Å². The van der Waals surface area contributed by atoms with E-state index in [1.165, 1.54) is 4.90 Å². The largest absolute Gasteiger partial charge is 0.480 e. The van der Waals surface area contributed by atoms with E-state index in [1.54, 1.807) is 0 Å². The average Bonchev–Trinajstić information content (AvgIpc) is 2.86. The molecule has 0 radical (unpaired) electrons. The van der Waals surface area contributed by atoms with Crippen molar-refractivity contribution in [1.82, 2.24) is 10.2 Å². The third-order valence-corrected chi connectivity index (χ3v) is 3.68. The van der Waals surface area contributed by atoms with E-state index in [0.717, 1.165) is 25.7 Å². The summed E-state index contributed by atoms with van der Waals surface area (Å²) in [6.07, 6.45) is 4.04. The maximum atomic E-state index is 12.6. The smallest absolute Gasteiger partial charge is 0.323 e. The van der Waals surface area contributed by atoms with Crippen molar-refractivity contribution in [2.75, 3.05) is 6.54 Å². The van der Waals surface area contributed by atoms with Crippen LogP contribution in [0.5, 0.6) is 0 Å². The van der Waals surface area contributed by atoms with Crippen LogP contribution < -0.4 is 11.1 Å². The Morgan fingerprint density at radius 1 is 1.29 bits per heavy atom. The summed E-state index contributed by atoms with van der Waals surface area (Å²) in [5, 5.41) is 11.5. The highest BCUT2D eigenvalue weighted by Crippen LogP contribution is 2.24. The van der Waals surface area contributed by atoms with Gasteiger partial charge in [-0.05, 0) is 25.2 Å². The molecule has 1 aliphatic rings. The fourth-order valence-electron chi connectivity index (χ4n) is 2.81. The van der Waals surface area contributed by atoms with E-state index >= 15 is 0 Å². The summed E-state index contributed by atoms with van der Waals surface area (Å²) < 4.78 is 0. The molecule has 120 valence electrons. The molecule has 4 N–H and O–H groups in total. The van der Waals surface area contributed by atoms with E-state index in [1.807, 2.05) is 13.8 Å². The van der Waals surface area contributed by atoms with Crippen LogP contribution in [-0.2, 0) is 9.59 Å². The van der Waals surface area contributed by atoms with Crippen molar-refractivity contribution in [3.05, 3.63) is 0 Å². The molecule has 7 heteroatoms. The van der Waals surface area contributed by atoms with Crippen molar-refractivity contribution in [2.24, 2.45) is 11.7 Å². The van der Waals surface area contributed by atoms with E-state index in [4.69, 9.17) is 10.8 Å². The van der Waals surface area contributed by atoms with Crippen LogP contribution in [0.1, 0.15) is 46.0 Å². The van der Waals surface area contributed by atoms with Crippen LogP contribution >= 0.6 is 0 Å². The quantitative estimate of drug-likeness (QED) is 0.649. The van der Waals surface area contributed by atoms with Crippen LogP contribution in [0.25, 0.3) is 0 Å². The monoisotopic (exact) mass is 299 g/mol. The highest BCUT2D eigenvalue weighted by molar-refractivity contribution is 5.89. The lowest BCUT2D eigenvalue weighted by Gasteiger charge is -2.31. The minimum Gasteiger partial charge on any atom is -0.480 e. The normalized spacial score (nSPS) is 16.7. The number of nitrogens with two attached hydrogens (primary N) is 1. The van der Waals surface area contributed by atoms with Crippen LogP contribution in [0.4, 0.5) is 4.79 Å². The molecule has 1 saturated carbocycles. The average molecular weight is 299 g/mol. The molecule has 21 heavy (non-hydrogen) atoms. The van der Waals surface area contributed by atoms with Crippen molar-refractivity contribution in [3.8, 4) is 0 Å². The number of hydrogen-bond donors (Lipinski definition) is 3. The van der Waals surface area contributed by atoms with Gasteiger partial charge < -0.3 is 21.1 Å². The van der Waals surface area contributed by atoms with Crippen molar-refractivity contribution < 1.29 is 19.5 Å². The number of hydrogen-bond acceptors (Lipinski definition) is 3. The number of carbonyl (C=O) groups is 3. The first-order chi connectivity index (χ1) is 9.81. The summed E-state index contributed by atoms with van der Waals surface area (Å²) in [7, 11) is 0. The Kier molecular flexibility index (Phi) is 6.45. The van der Waals surface area contributed by atoms with E-state index in [9.17, 15) is 14.4 Å². The molecule has 1 fully saturated rings. The maximum absolute atomic E-state index is 12.6. The second kappa shape index (κ2) is 7.85. The Hall–Kier alpha value is -1.79. The summed E-state index contributed by atoms with van der Waals surface area (Å²) in [5.74, 6) is -1.21. The lowest BCUT2D eigenvalue weighted by Crippen LogP contribution is -2.54. The number of amides is 3. The molecule has 3 amide bonds. The van der Waals surface area contributed by atoms with E-state index in [0.29, 0.717) is 6.42 Å². The van der Waals surface area contributed by atoms with Gasteiger partial charge in [0.15, 0.2) is 0 Å². The van der Waals surface area contributed by atoms with Crippen LogP contribution in [0.3, 0.4) is 0 Å². The first-order valence-corrected chi connectivity index (χ1v) is 7.39. The maximum Gasteiger partial charge on any atom is 0.323 e. The van der Waals surface area contributed by atoms with Gasteiger partial charge in [-0.2, -0.15) is 0 Å². The number of primary amides is 1. The zero-order valence-corrected chi connectivity index (χ0v) is 12.7. The molecule has 1 rings (SSSR count). The molecule has 0 aliphatic heterocycles. The minimum absolute atomic E-state index is 0.0575. The zero-order valence-electron chi connectivity index (χ0n) is 12.7. The van der Waals surface area contributed by atoms with Gasteiger partial charge in [-0.15, -0.1) is 0 Å². The number of nitrogens with one attached hydrogen (secondary N) is 1. The van der Waals surface area contributed by atoms with E-state index < -0.39 is 18.0 Å². The van der Waals surface area contributed by atoms with Crippen molar-refractivity contribution in [3.63, 3.8) is 0 Å². The first kappa shape index (κ1) is 17.3. The molecule has 0 spiro atoms. The minimum atomic E-state index is -1.04. The lowest BCUT2D eigenvalue weighted by molar-refractivity contribution is -0.147. The molecule has 0 bridgehead atoms. The van der Waals surface area contributed by atoms with Gasteiger partial charge >= 0.3 is 12.0 Å². The number of urea groups is 1. The number of rotatable bonds is 7. The number of carboxylic acids is 1. The highest BCUT2D eigenvalue weighted by Gasteiger charge is 2.33. The second-order valence-corrected chi connectivity index (χ2v) is 5.99. The van der Waals surface area contributed by atoms with Gasteiger partial charge in [-0.25, -0.2) is 4.79 Å². The van der Waals surface area contributed by atoms with E-state index in [2.05, 4.69) is 5.32 Å². The summed E-state index contributed by atoms with van der Waals surface area (Å²) in [6.45, 7) is 3.53. The molecule has 0 aromatic heterocycles. The number of aliphatic carboxylic acids is 1. The fraction of sp³-hybridized carbons (Fsp3) is 0.786. The summed E-state index contributed by atoms with van der Waals surface area (Å²) in [6, 6.07) is -1.59. The number of carbonyl (C=O) groups excluding carboxylic acids is 2. The van der Waals surface area contributed by atoms with Crippen LogP contribution in [-0.4, -0.2) is 46.5 Å². The Labute approximate surface area is 124 Å². The predicted molar refractivity (Wildman–Crippen MR) is 77.6 cm³/mol. The molecule has 0 aromatic rings. The molecule has 0 saturated heterocycles. The predicted octanol–water partition coefficient (Wildman–Crippen LogP) is 0.925. The Morgan fingerprint density at radius 3 is 2.29 bits per heavy atom. The van der Waals surface area contributed by atoms with Crippen LogP contribution in [0.15, 0.2) is 0 Å². The second-order valence-electron chi connectivity index (χ2n) is 5.99. The molecule has 1 aliphatic carbocycles. The molecular formula is C14H25N3O4. The van der Waals surface area contributed by atoms with Crippen molar-refractivity contribution >= 4 is 17.9 Å². The van der Waals surface area contributed by atoms with Crippen molar-refractivity contribution in [2.45, 2.75) is 58.0 Å². The van der Waals surface area contributed by atoms with Gasteiger partial charge in [0, 0.05) is 6.04 Å². The fourth-order valence-corrected chi connectivity index (χ4v) is 2.81. The highest BCUT2D eigenvalue weighted by atomic mass is 16.4. The van der Waals surface area contributed by atoms with Gasteiger partial charge in [0.25, 0.3) is 0 Å². The van der Waals surface area contributed by atoms with Crippen LogP contribution in [0, 0.1) is 5.92 Å². The molecule has 1 unspecified atom stereocenters. The lowest BCUT2D eigenvalue weighted by atomic mass is 10.0. The SMILES string of the molecule is CC(C)CC(NC(N)=O)C(=O)N(CC(=O)O)C1CCCC1. The first-order valence-electron chi connectivity index (χ1n) is 7.39. The summed E-state index contributed by atoms with van der Waals surface area (Å²) in [5.41, 5.74) is 5.12. The molecule has 0 heterocycles. The zero-order chi connectivity index (χ0) is 16.0. The van der Waals surface area contributed by atoms with Gasteiger partial charge in [-0.3, -0.25) is 9.59 Å². The molecule has 0 aromatic carbocycles. The van der Waals surface area contributed by atoms with Crippen LogP contribution in [0.2, 0.25) is 0 Å². The summed E-state index contributed by atoms with van der Waals surface area (Å²) in [4.78, 5) is 36.1. The van der Waals surface area contributed by atoms with Crippen molar-refractivity contribution in [1.29, 1.82) is 0 Å². The van der Waals surface area contributed by atoms with Gasteiger partial charge in [0.2, 0.25) is 5.91 Å². The summed E-state index contributed by atoms with van der Waals surface area (Å²) >= 11 is 0. The number of nitrogens with zero attached hydrogens (tertiary/aromatic N) is 1. The van der Waals surface area contributed by atoms with E-state index in [-0.39, 0.29) is 24.4 Å². The Balaban J connectivity index is 2.86. The third kappa shape index (κ3) is 5.61. The molecule has 7 nitrogen and oxygen atoms in total.